The van der Waals surface area contributed by atoms with E-state index >= 15 is 0 Å². The monoisotopic (exact) mass is 347 g/mol. The number of hydrogen-bond donors (Lipinski definition) is 1. The van der Waals surface area contributed by atoms with E-state index in [9.17, 15) is 4.79 Å². The van der Waals surface area contributed by atoms with E-state index in [0.29, 0.717) is 12.3 Å². The molecule has 0 aromatic heterocycles. The first kappa shape index (κ1) is 17.9. The Morgan fingerprint density at radius 1 is 1.13 bits per heavy atom. The molecule has 0 bridgehead atoms. The molecule has 1 N–H and O–H groups in total. The maximum atomic E-state index is 12.0. The number of hydrogen-bond acceptors (Lipinski definition) is 2. The quantitative estimate of drug-likeness (QED) is 0.625. The summed E-state index contributed by atoms with van der Waals surface area (Å²) in [7, 11) is 0. The third kappa shape index (κ3) is 5.92. The van der Waals surface area contributed by atoms with Crippen molar-refractivity contribution in [3.05, 3.63) is 59.1 Å². The second kappa shape index (κ2) is 8.99. The first-order chi connectivity index (χ1) is 11.1. The highest BCUT2D eigenvalue weighted by Crippen LogP contribution is 2.22. The van der Waals surface area contributed by atoms with Crippen molar-refractivity contribution in [1.82, 2.24) is 0 Å². The molecule has 0 unspecified atom stereocenters. The molecule has 2 aromatic rings. The molecule has 1 amide bonds. The van der Waals surface area contributed by atoms with Gasteiger partial charge in [-0.05, 0) is 54.3 Å². The molecule has 0 spiro atoms. The fourth-order valence-electron chi connectivity index (χ4n) is 2.15. The number of thioether (sulfide) groups is 1. The van der Waals surface area contributed by atoms with E-state index < -0.39 is 0 Å². The van der Waals surface area contributed by atoms with Gasteiger partial charge in [-0.25, -0.2) is 0 Å². The number of amides is 1. The Hall–Kier alpha value is -1.45. The largest absolute Gasteiger partial charge is 0.326 e. The minimum Gasteiger partial charge on any atom is -0.326 e. The molecule has 122 valence electrons. The predicted octanol–water partition coefficient (Wildman–Crippen LogP) is 5.97. The predicted molar refractivity (Wildman–Crippen MR) is 101 cm³/mol. The van der Waals surface area contributed by atoms with Crippen LogP contribution in [0.25, 0.3) is 0 Å². The first-order valence-corrected chi connectivity index (χ1v) is 9.23. The van der Waals surface area contributed by atoms with Crippen LogP contribution < -0.4 is 5.32 Å². The first-order valence-electron chi connectivity index (χ1n) is 7.86. The van der Waals surface area contributed by atoms with Crippen LogP contribution in [0.4, 0.5) is 5.69 Å². The molecule has 2 aromatic carbocycles. The zero-order chi connectivity index (χ0) is 16.7. The van der Waals surface area contributed by atoms with Crippen LogP contribution in [-0.2, 0) is 4.79 Å². The molecule has 0 saturated heterocycles. The van der Waals surface area contributed by atoms with Crippen LogP contribution in [-0.4, -0.2) is 11.7 Å². The summed E-state index contributed by atoms with van der Waals surface area (Å²) in [5, 5.41) is 3.68. The lowest BCUT2D eigenvalue weighted by atomic mass is 9.99. The topological polar surface area (TPSA) is 29.1 Å². The van der Waals surface area contributed by atoms with Crippen LogP contribution in [0.3, 0.4) is 0 Å². The maximum Gasteiger partial charge on any atom is 0.225 e. The van der Waals surface area contributed by atoms with E-state index in [2.05, 4.69) is 31.3 Å². The van der Waals surface area contributed by atoms with Crippen molar-refractivity contribution in [3.8, 4) is 0 Å². The lowest BCUT2D eigenvalue weighted by Crippen LogP contribution is -2.12. The Balaban J connectivity index is 1.77. The molecule has 0 aliphatic rings. The van der Waals surface area contributed by atoms with Crippen molar-refractivity contribution in [1.29, 1.82) is 0 Å². The summed E-state index contributed by atoms with van der Waals surface area (Å²) in [6, 6.07) is 15.8. The summed E-state index contributed by atoms with van der Waals surface area (Å²) in [6.07, 6.45) is 1.61. The molecular weight excluding hydrogens is 326 g/mol. The molecule has 2 nitrogen and oxygen atoms in total. The Kier molecular flexibility index (Phi) is 7.00. The van der Waals surface area contributed by atoms with E-state index in [1.54, 1.807) is 11.8 Å². The number of carbonyl (C=O) groups excluding carboxylic acids is 1. The number of benzene rings is 2. The van der Waals surface area contributed by atoms with Crippen LogP contribution in [0.5, 0.6) is 0 Å². The van der Waals surface area contributed by atoms with Crippen LogP contribution >= 0.6 is 23.4 Å². The molecule has 4 heteroatoms. The number of halogens is 1. The highest BCUT2D eigenvalue weighted by molar-refractivity contribution is 7.99. The fraction of sp³-hybridized carbons (Fsp3) is 0.316. The van der Waals surface area contributed by atoms with E-state index in [4.69, 9.17) is 11.6 Å². The van der Waals surface area contributed by atoms with Gasteiger partial charge in [-0.2, -0.15) is 0 Å². The Morgan fingerprint density at radius 3 is 2.39 bits per heavy atom. The fourth-order valence-corrected chi connectivity index (χ4v) is 3.12. The van der Waals surface area contributed by atoms with Crippen LogP contribution in [0.15, 0.2) is 53.4 Å². The lowest BCUT2D eigenvalue weighted by molar-refractivity contribution is -0.115. The Bertz CT molecular complexity index is 625. The van der Waals surface area contributed by atoms with Gasteiger partial charge in [-0.15, -0.1) is 11.8 Å². The van der Waals surface area contributed by atoms with Gasteiger partial charge in [0.15, 0.2) is 0 Å². The molecule has 0 aliphatic heterocycles. The van der Waals surface area contributed by atoms with Crippen LogP contribution in [0.2, 0.25) is 5.02 Å². The highest BCUT2D eigenvalue weighted by atomic mass is 35.5. The summed E-state index contributed by atoms with van der Waals surface area (Å²) in [4.78, 5) is 13.1. The van der Waals surface area contributed by atoms with Gasteiger partial charge >= 0.3 is 0 Å². The average Bonchev–Trinajstić information content (AvgIpc) is 2.56. The zero-order valence-corrected chi connectivity index (χ0v) is 15.1. The van der Waals surface area contributed by atoms with Gasteiger partial charge in [-0.3, -0.25) is 4.79 Å². The second-order valence-corrected chi connectivity index (χ2v) is 7.14. The Morgan fingerprint density at radius 2 is 1.78 bits per heavy atom. The van der Waals surface area contributed by atoms with Gasteiger partial charge in [0.2, 0.25) is 5.91 Å². The molecule has 1 atom stereocenters. The van der Waals surface area contributed by atoms with Crippen molar-refractivity contribution >= 4 is 35.0 Å². The third-order valence-corrected chi connectivity index (χ3v) is 5.05. The van der Waals surface area contributed by atoms with Crippen molar-refractivity contribution in [3.63, 3.8) is 0 Å². The number of carbonyl (C=O) groups is 1. The molecular formula is C19H22ClNOS. The standard InChI is InChI=1S/C19H22ClNOS/c1-3-14(2)15-4-8-17(9-5-15)21-19(22)12-13-23-18-10-6-16(20)7-11-18/h4-11,14H,3,12-13H2,1-2H3,(H,21,22)/t14-/m1/s1. The molecule has 2 rings (SSSR count). The summed E-state index contributed by atoms with van der Waals surface area (Å²) < 4.78 is 0. The molecule has 0 aliphatic carbocycles. The minimum absolute atomic E-state index is 0.0442. The molecule has 23 heavy (non-hydrogen) atoms. The summed E-state index contributed by atoms with van der Waals surface area (Å²) in [5.74, 6) is 1.34. The average molecular weight is 348 g/mol. The van der Waals surface area contributed by atoms with Gasteiger partial charge in [0.1, 0.15) is 0 Å². The smallest absolute Gasteiger partial charge is 0.225 e. The lowest BCUT2D eigenvalue weighted by Gasteiger charge is -2.10. The normalized spacial score (nSPS) is 12.0. The number of anilines is 1. The van der Waals surface area contributed by atoms with Crippen molar-refractivity contribution in [2.45, 2.75) is 37.5 Å². The van der Waals surface area contributed by atoms with Gasteiger partial charge in [-0.1, -0.05) is 37.6 Å². The zero-order valence-electron chi connectivity index (χ0n) is 13.5. The second-order valence-electron chi connectivity index (χ2n) is 5.53. The van der Waals surface area contributed by atoms with E-state index in [-0.39, 0.29) is 5.91 Å². The number of rotatable bonds is 7. The third-order valence-electron chi connectivity index (χ3n) is 3.79. The van der Waals surface area contributed by atoms with Crippen molar-refractivity contribution < 1.29 is 4.79 Å². The van der Waals surface area contributed by atoms with Gasteiger partial charge in [0.05, 0.1) is 0 Å². The SMILES string of the molecule is CC[C@@H](C)c1ccc(NC(=O)CCSc2ccc(Cl)cc2)cc1. The molecule has 0 radical (unpaired) electrons. The summed E-state index contributed by atoms with van der Waals surface area (Å²) in [6.45, 7) is 4.39. The maximum absolute atomic E-state index is 12.0. The highest BCUT2D eigenvalue weighted by Gasteiger charge is 2.05. The van der Waals surface area contributed by atoms with E-state index in [0.717, 1.165) is 27.8 Å². The van der Waals surface area contributed by atoms with Crippen molar-refractivity contribution in [2.75, 3.05) is 11.1 Å². The van der Waals surface area contributed by atoms with E-state index in [1.165, 1.54) is 5.56 Å². The van der Waals surface area contributed by atoms with Crippen LogP contribution in [0, 0.1) is 0 Å². The van der Waals surface area contributed by atoms with Crippen molar-refractivity contribution in [2.24, 2.45) is 0 Å². The Labute approximate surface area is 147 Å². The number of nitrogens with one attached hydrogen (secondary N) is 1. The van der Waals surface area contributed by atoms with Gasteiger partial charge < -0.3 is 5.32 Å². The van der Waals surface area contributed by atoms with Gasteiger partial charge in [0, 0.05) is 27.8 Å². The molecule has 0 heterocycles. The van der Waals surface area contributed by atoms with E-state index in [1.807, 2.05) is 36.4 Å². The molecule has 0 saturated carbocycles. The van der Waals surface area contributed by atoms with Crippen LogP contribution in [0.1, 0.15) is 38.2 Å². The van der Waals surface area contributed by atoms with Gasteiger partial charge in [0.25, 0.3) is 0 Å². The summed E-state index contributed by atoms with van der Waals surface area (Å²) in [5.41, 5.74) is 2.17. The molecule has 0 fully saturated rings. The summed E-state index contributed by atoms with van der Waals surface area (Å²) >= 11 is 7.51. The minimum atomic E-state index is 0.0442.